The number of hydrogen-bond donors (Lipinski definition) is 1. The van der Waals surface area contributed by atoms with Gasteiger partial charge in [0.25, 0.3) is 5.91 Å². The molecule has 3 heterocycles. The average molecular weight is 571 g/mol. The summed E-state index contributed by atoms with van der Waals surface area (Å²) in [6, 6.07) is 17.8. The summed E-state index contributed by atoms with van der Waals surface area (Å²) in [5.74, 6) is 1.16. The Morgan fingerprint density at radius 3 is 2.39 bits per heavy atom. The fourth-order valence-electron chi connectivity index (χ4n) is 6.10. The number of hydrogen-bond acceptors (Lipinski definition) is 7. The third kappa shape index (κ3) is 6.23. The van der Waals surface area contributed by atoms with E-state index in [9.17, 15) is 14.3 Å². The standard InChI is InChI=1S/C32H38N6O2S/c1-23-19-24(2)28(21-27(23)20-25-10-13-36(14-11-25)29-8-5-4-7-26(29)22-33)32(39)38-17-15-37(16-18-38)31-30(41(3,34)40)9-6-12-35-31/h4-9,12,19,21,25,34H,10-11,13-18,20H2,1-3H3/t41-/m0/s1. The predicted molar refractivity (Wildman–Crippen MR) is 163 cm³/mol. The number of rotatable bonds is 6. The van der Waals surface area contributed by atoms with E-state index in [-0.39, 0.29) is 5.91 Å². The molecular formula is C32H38N6O2S. The van der Waals surface area contributed by atoms with E-state index in [1.165, 1.54) is 17.4 Å². The number of para-hydroxylation sites is 1. The highest BCUT2D eigenvalue weighted by molar-refractivity contribution is 7.91. The van der Waals surface area contributed by atoms with Crippen molar-refractivity contribution < 1.29 is 9.00 Å². The number of anilines is 2. The van der Waals surface area contributed by atoms with Crippen LogP contribution in [0.25, 0.3) is 0 Å². The maximum absolute atomic E-state index is 13.7. The van der Waals surface area contributed by atoms with Crippen LogP contribution in [0.4, 0.5) is 11.5 Å². The summed E-state index contributed by atoms with van der Waals surface area (Å²) in [5, 5.41) is 9.49. The number of benzene rings is 2. The fourth-order valence-corrected chi connectivity index (χ4v) is 6.96. The van der Waals surface area contributed by atoms with Crippen LogP contribution in [0.5, 0.6) is 0 Å². The molecular weight excluding hydrogens is 532 g/mol. The molecule has 0 spiro atoms. The fraction of sp³-hybridized carbons (Fsp3) is 0.406. The summed E-state index contributed by atoms with van der Waals surface area (Å²) < 4.78 is 20.5. The molecule has 41 heavy (non-hydrogen) atoms. The van der Waals surface area contributed by atoms with Gasteiger partial charge in [0.2, 0.25) is 0 Å². The van der Waals surface area contributed by atoms with Gasteiger partial charge in [-0.1, -0.05) is 18.2 Å². The van der Waals surface area contributed by atoms with Gasteiger partial charge in [-0.15, -0.1) is 0 Å². The number of aromatic nitrogens is 1. The van der Waals surface area contributed by atoms with Crippen LogP contribution >= 0.6 is 0 Å². The second-order valence-electron chi connectivity index (χ2n) is 11.3. The minimum atomic E-state index is -2.90. The lowest BCUT2D eigenvalue weighted by Crippen LogP contribution is -2.49. The number of nitriles is 1. The van der Waals surface area contributed by atoms with Crippen LogP contribution < -0.4 is 9.80 Å². The summed E-state index contributed by atoms with van der Waals surface area (Å²) in [4.78, 5) is 24.8. The predicted octanol–water partition coefficient (Wildman–Crippen LogP) is 5.03. The monoisotopic (exact) mass is 570 g/mol. The smallest absolute Gasteiger partial charge is 0.254 e. The van der Waals surface area contributed by atoms with Gasteiger partial charge < -0.3 is 14.7 Å². The van der Waals surface area contributed by atoms with Gasteiger partial charge in [-0.25, -0.2) is 14.0 Å². The quantitative estimate of drug-likeness (QED) is 0.446. The number of carbonyl (C=O) groups excluding carboxylic acids is 1. The van der Waals surface area contributed by atoms with E-state index in [1.807, 2.05) is 41.0 Å². The Labute approximate surface area is 243 Å². The zero-order valence-electron chi connectivity index (χ0n) is 24.1. The van der Waals surface area contributed by atoms with Gasteiger partial charge in [0.15, 0.2) is 0 Å². The normalized spacial score (nSPS) is 17.7. The topological polar surface area (TPSA) is 104 Å². The molecule has 2 aromatic carbocycles. The summed E-state index contributed by atoms with van der Waals surface area (Å²) >= 11 is 0. The van der Waals surface area contributed by atoms with Crippen molar-refractivity contribution in [3.63, 3.8) is 0 Å². The zero-order chi connectivity index (χ0) is 29.1. The maximum Gasteiger partial charge on any atom is 0.254 e. The van der Waals surface area contributed by atoms with Crippen molar-refractivity contribution in [3.05, 3.63) is 82.5 Å². The molecule has 2 aliphatic rings. The van der Waals surface area contributed by atoms with Crippen molar-refractivity contribution in [2.45, 2.75) is 38.0 Å². The summed E-state index contributed by atoms with van der Waals surface area (Å²) in [6.07, 6.45) is 6.13. The summed E-state index contributed by atoms with van der Waals surface area (Å²) in [5.41, 5.74) is 5.97. The first-order valence-corrected chi connectivity index (χ1v) is 16.2. The Morgan fingerprint density at radius 2 is 1.71 bits per heavy atom. The third-order valence-corrected chi connectivity index (χ3v) is 9.60. The van der Waals surface area contributed by atoms with Crippen LogP contribution in [-0.4, -0.2) is 65.5 Å². The molecule has 8 nitrogen and oxygen atoms in total. The van der Waals surface area contributed by atoms with E-state index in [0.29, 0.717) is 42.8 Å². The van der Waals surface area contributed by atoms with Crippen molar-refractivity contribution in [1.82, 2.24) is 9.88 Å². The molecule has 2 saturated heterocycles. The molecule has 214 valence electrons. The van der Waals surface area contributed by atoms with Crippen LogP contribution in [0.2, 0.25) is 0 Å². The molecule has 2 fully saturated rings. The number of nitrogens with one attached hydrogen (secondary N) is 1. The van der Waals surface area contributed by atoms with E-state index < -0.39 is 9.73 Å². The van der Waals surface area contributed by atoms with Crippen LogP contribution in [0.15, 0.2) is 59.6 Å². The second kappa shape index (κ2) is 11.9. The number of nitrogens with zero attached hydrogens (tertiary/aromatic N) is 5. The van der Waals surface area contributed by atoms with Gasteiger partial charge in [0.05, 0.1) is 25.9 Å². The molecule has 0 saturated carbocycles. The van der Waals surface area contributed by atoms with Gasteiger partial charge in [-0.3, -0.25) is 4.79 Å². The average Bonchev–Trinajstić information content (AvgIpc) is 2.98. The third-order valence-electron chi connectivity index (χ3n) is 8.44. The molecule has 9 heteroatoms. The highest BCUT2D eigenvalue weighted by Gasteiger charge is 2.27. The van der Waals surface area contributed by atoms with E-state index in [4.69, 9.17) is 4.78 Å². The number of amides is 1. The molecule has 1 amide bonds. The minimum Gasteiger partial charge on any atom is -0.370 e. The SMILES string of the molecule is Cc1cc(C)c(C(=O)N2CCN(c3ncccc3[S@@](C)(=N)=O)CC2)cc1CC1CCN(c2ccccc2C#N)CC1. The highest BCUT2D eigenvalue weighted by Crippen LogP contribution is 2.30. The Bertz CT molecular complexity index is 1580. The second-order valence-corrected chi connectivity index (χ2v) is 13.4. The van der Waals surface area contributed by atoms with Gasteiger partial charge >= 0.3 is 0 Å². The number of piperidine rings is 1. The highest BCUT2D eigenvalue weighted by atomic mass is 32.2. The molecule has 0 unspecified atom stereocenters. The van der Waals surface area contributed by atoms with E-state index in [2.05, 4.69) is 35.0 Å². The van der Waals surface area contributed by atoms with Crippen LogP contribution in [0, 0.1) is 35.9 Å². The molecule has 1 aromatic heterocycles. The Kier molecular flexibility index (Phi) is 8.32. The molecule has 0 radical (unpaired) electrons. The van der Waals surface area contributed by atoms with E-state index in [1.54, 1.807) is 18.3 Å². The van der Waals surface area contributed by atoms with Crippen molar-refractivity contribution in [1.29, 1.82) is 10.0 Å². The zero-order valence-corrected chi connectivity index (χ0v) is 24.9. The first kappa shape index (κ1) is 28.6. The van der Waals surface area contributed by atoms with Crippen molar-refractivity contribution in [2.24, 2.45) is 5.92 Å². The maximum atomic E-state index is 13.7. The minimum absolute atomic E-state index is 0.0485. The van der Waals surface area contributed by atoms with Crippen molar-refractivity contribution >= 4 is 27.1 Å². The molecule has 1 N–H and O–H groups in total. The first-order valence-electron chi connectivity index (χ1n) is 14.2. The lowest BCUT2D eigenvalue weighted by molar-refractivity contribution is 0.0745. The molecule has 0 aliphatic carbocycles. The Hall–Kier alpha value is -3.90. The van der Waals surface area contributed by atoms with Gasteiger partial charge in [0, 0.05) is 57.3 Å². The van der Waals surface area contributed by atoms with Gasteiger partial charge in [-0.05, 0) is 86.1 Å². The van der Waals surface area contributed by atoms with Crippen LogP contribution in [0.1, 0.15) is 45.5 Å². The molecule has 0 bridgehead atoms. The first-order chi connectivity index (χ1) is 19.7. The van der Waals surface area contributed by atoms with Gasteiger partial charge in [-0.2, -0.15) is 5.26 Å². The van der Waals surface area contributed by atoms with Crippen LogP contribution in [-0.2, 0) is 16.1 Å². The Morgan fingerprint density at radius 1 is 1.00 bits per heavy atom. The van der Waals surface area contributed by atoms with E-state index in [0.717, 1.165) is 54.7 Å². The lowest BCUT2D eigenvalue weighted by Gasteiger charge is -2.36. The molecule has 3 aromatic rings. The van der Waals surface area contributed by atoms with Crippen LogP contribution in [0.3, 0.4) is 0 Å². The summed E-state index contributed by atoms with van der Waals surface area (Å²) in [7, 11) is -2.90. The number of piperazine rings is 1. The number of carbonyl (C=O) groups is 1. The lowest BCUT2D eigenvalue weighted by atomic mass is 9.86. The largest absolute Gasteiger partial charge is 0.370 e. The van der Waals surface area contributed by atoms with Gasteiger partial charge in [0.1, 0.15) is 11.9 Å². The molecule has 2 aliphatic heterocycles. The summed E-state index contributed by atoms with van der Waals surface area (Å²) in [6.45, 7) is 8.25. The van der Waals surface area contributed by atoms with Crippen molar-refractivity contribution in [2.75, 3.05) is 55.3 Å². The van der Waals surface area contributed by atoms with E-state index >= 15 is 0 Å². The number of aryl methyl sites for hydroxylation is 2. The molecule has 1 atom stereocenters. The Balaban J connectivity index is 1.24. The van der Waals surface area contributed by atoms with Crippen molar-refractivity contribution in [3.8, 4) is 6.07 Å². The molecule has 5 rings (SSSR count). The number of pyridine rings is 1.